The van der Waals surface area contributed by atoms with Crippen molar-refractivity contribution in [1.82, 2.24) is 15.2 Å². The van der Waals surface area contributed by atoms with Gasteiger partial charge in [0, 0.05) is 38.6 Å². The van der Waals surface area contributed by atoms with Crippen LogP contribution in [0.5, 0.6) is 0 Å². The van der Waals surface area contributed by atoms with Gasteiger partial charge in [0.2, 0.25) is 0 Å². The molecule has 0 fully saturated rings. The summed E-state index contributed by atoms with van der Waals surface area (Å²) in [6, 6.07) is 10.7. The van der Waals surface area contributed by atoms with E-state index in [0.29, 0.717) is 6.54 Å². The fourth-order valence-electron chi connectivity index (χ4n) is 2.15. The Kier molecular flexibility index (Phi) is 6.48. The molecule has 0 aliphatic carbocycles. The number of nitrogens with zero attached hydrogens (tertiary/aromatic N) is 2. The lowest BCUT2D eigenvalue weighted by atomic mass is 10.1. The molecule has 0 atom stereocenters. The molecule has 118 valence electrons. The second-order valence-corrected chi connectivity index (χ2v) is 4.99. The maximum Gasteiger partial charge on any atom is 0.191 e. The summed E-state index contributed by atoms with van der Waals surface area (Å²) < 4.78 is 15.2. The van der Waals surface area contributed by atoms with E-state index in [1.807, 2.05) is 37.5 Å². The Labute approximate surface area is 131 Å². The largest absolute Gasteiger partial charge is 0.357 e. The molecule has 2 rings (SSSR count). The van der Waals surface area contributed by atoms with E-state index in [1.54, 1.807) is 12.1 Å². The van der Waals surface area contributed by atoms with Gasteiger partial charge in [0.1, 0.15) is 5.82 Å². The van der Waals surface area contributed by atoms with Crippen LogP contribution in [0.4, 0.5) is 4.39 Å². The van der Waals surface area contributed by atoms with Crippen molar-refractivity contribution in [2.45, 2.75) is 19.9 Å². The molecule has 0 aliphatic rings. The predicted molar refractivity (Wildman–Crippen MR) is 88.5 cm³/mol. The van der Waals surface area contributed by atoms with Crippen molar-refractivity contribution in [1.29, 1.82) is 0 Å². The fraction of sp³-hybridized carbons (Fsp3) is 0.353. The second-order valence-electron chi connectivity index (χ2n) is 4.99. The second kappa shape index (κ2) is 8.87. The van der Waals surface area contributed by atoms with Gasteiger partial charge in [-0.15, -0.1) is 0 Å². The van der Waals surface area contributed by atoms with Crippen LogP contribution in [0.1, 0.15) is 12.5 Å². The first-order chi connectivity index (χ1) is 10.8. The number of aromatic nitrogens is 1. The third kappa shape index (κ3) is 5.60. The zero-order valence-corrected chi connectivity index (χ0v) is 12.9. The van der Waals surface area contributed by atoms with Crippen LogP contribution >= 0.6 is 0 Å². The van der Waals surface area contributed by atoms with Crippen molar-refractivity contribution in [2.24, 2.45) is 4.99 Å². The normalized spacial score (nSPS) is 11.5. The highest BCUT2D eigenvalue weighted by Gasteiger charge is 1.98. The molecule has 0 unspecified atom stereocenters. The average molecular weight is 302 g/mol. The van der Waals surface area contributed by atoms with Gasteiger partial charge in [0.05, 0.1) is 0 Å². The van der Waals surface area contributed by atoms with Crippen molar-refractivity contribution in [2.75, 3.05) is 19.6 Å². The maximum absolute atomic E-state index is 13.1. The molecule has 0 bridgehead atoms. The number of hydrogen-bond acceptors (Lipinski definition) is 1. The zero-order chi connectivity index (χ0) is 15.6. The molecule has 22 heavy (non-hydrogen) atoms. The highest BCUT2D eigenvalue weighted by molar-refractivity contribution is 5.79. The number of guanidine groups is 1. The average Bonchev–Trinajstić information content (AvgIpc) is 3.01. The van der Waals surface area contributed by atoms with Crippen molar-refractivity contribution in [3.05, 3.63) is 60.2 Å². The highest BCUT2D eigenvalue weighted by atomic mass is 19.1. The first-order valence-corrected chi connectivity index (χ1v) is 7.65. The molecule has 1 aromatic carbocycles. The Morgan fingerprint density at radius 3 is 2.73 bits per heavy atom. The molecule has 2 aromatic rings. The van der Waals surface area contributed by atoms with Gasteiger partial charge < -0.3 is 15.2 Å². The number of hydrogen-bond donors (Lipinski definition) is 2. The van der Waals surface area contributed by atoms with Gasteiger partial charge >= 0.3 is 0 Å². The van der Waals surface area contributed by atoms with E-state index in [0.717, 1.165) is 37.6 Å². The number of aliphatic imine (C=N–C) groups is 1. The van der Waals surface area contributed by atoms with Crippen LogP contribution in [-0.2, 0) is 13.0 Å². The van der Waals surface area contributed by atoms with Crippen LogP contribution in [0.2, 0.25) is 0 Å². The molecule has 0 saturated carbocycles. The molecule has 0 saturated heterocycles. The van der Waals surface area contributed by atoms with Crippen LogP contribution in [0.15, 0.2) is 53.8 Å². The summed E-state index contributed by atoms with van der Waals surface area (Å²) in [4.78, 5) is 4.52. The van der Waals surface area contributed by atoms with Crippen LogP contribution in [0.25, 0.3) is 0 Å². The lowest BCUT2D eigenvalue weighted by Gasteiger charge is -2.11. The summed E-state index contributed by atoms with van der Waals surface area (Å²) in [5.74, 6) is 0.601. The molecule has 1 aromatic heterocycles. The summed E-state index contributed by atoms with van der Waals surface area (Å²) in [7, 11) is 0. The monoisotopic (exact) mass is 302 g/mol. The summed E-state index contributed by atoms with van der Waals surface area (Å²) in [5.41, 5.74) is 0.965. The Bertz CT molecular complexity index is 578. The minimum absolute atomic E-state index is 0.196. The zero-order valence-electron chi connectivity index (χ0n) is 12.9. The molecule has 4 nitrogen and oxygen atoms in total. The molecular weight excluding hydrogens is 279 g/mol. The molecule has 0 aliphatic heterocycles. The first kappa shape index (κ1) is 16.1. The van der Waals surface area contributed by atoms with Crippen LogP contribution in [-0.4, -0.2) is 30.2 Å². The maximum atomic E-state index is 13.1. The summed E-state index contributed by atoms with van der Waals surface area (Å²) >= 11 is 0. The van der Waals surface area contributed by atoms with Crippen molar-refractivity contribution < 1.29 is 4.39 Å². The quantitative estimate of drug-likeness (QED) is 0.609. The number of halogens is 1. The first-order valence-electron chi connectivity index (χ1n) is 7.65. The lowest BCUT2D eigenvalue weighted by Crippen LogP contribution is -2.39. The van der Waals surface area contributed by atoms with Crippen LogP contribution in [0, 0.1) is 5.82 Å². The minimum atomic E-state index is -0.196. The molecule has 2 N–H and O–H groups in total. The van der Waals surface area contributed by atoms with E-state index in [-0.39, 0.29) is 5.82 Å². The van der Waals surface area contributed by atoms with E-state index < -0.39 is 0 Å². The van der Waals surface area contributed by atoms with Crippen LogP contribution < -0.4 is 10.6 Å². The molecule has 1 heterocycles. The molecule has 0 radical (unpaired) electrons. The smallest absolute Gasteiger partial charge is 0.191 e. The van der Waals surface area contributed by atoms with Gasteiger partial charge in [-0.05, 0) is 43.2 Å². The Balaban J connectivity index is 1.78. The van der Waals surface area contributed by atoms with Gasteiger partial charge in [-0.25, -0.2) is 4.39 Å². The van der Waals surface area contributed by atoms with Crippen molar-refractivity contribution in [3.63, 3.8) is 0 Å². The number of nitrogens with one attached hydrogen (secondary N) is 2. The lowest BCUT2D eigenvalue weighted by molar-refractivity contribution is 0.625. The highest BCUT2D eigenvalue weighted by Crippen LogP contribution is 2.04. The van der Waals surface area contributed by atoms with Gasteiger partial charge in [-0.1, -0.05) is 12.1 Å². The Morgan fingerprint density at radius 2 is 2.00 bits per heavy atom. The van der Waals surface area contributed by atoms with Gasteiger partial charge in [0.25, 0.3) is 0 Å². The predicted octanol–water partition coefficient (Wildman–Crippen LogP) is 2.43. The SMILES string of the molecule is CCNC(=NCCc1cccc(F)c1)NCCn1cccc1. The molecule has 5 heteroatoms. The summed E-state index contributed by atoms with van der Waals surface area (Å²) in [6.07, 6.45) is 4.80. The Morgan fingerprint density at radius 1 is 1.18 bits per heavy atom. The Hall–Kier alpha value is -2.30. The van der Waals surface area contributed by atoms with E-state index in [9.17, 15) is 4.39 Å². The third-order valence-corrected chi connectivity index (χ3v) is 3.23. The van der Waals surface area contributed by atoms with Crippen LogP contribution in [0.3, 0.4) is 0 Å². The molecule has 0 amide bonds. The number of benzene rings is 1. The third-order valence-electron chi connectivity index (χ3n) is 3.23. The summed E-state index contributed by atoms with van der Waals surface area (Å²) in [6.45, 7) is 5.18. The van der Waals surface area contributed by atoms with Gasteiger partial charge in [-0.2, -0.15) is 0 Å². The van der Waals surface area contributed by atoms with Crippen molar-refractivity contribution >= 4 is 5.96 Å². The van der Waals surface area contributed by atoms with E-state index >= 15 is 0 Å². The number of rotatable bonds is 7. The van der Waals surface area contributed by atoms with E-state index in [4.69, 9.17) is 0 Å². The standard InChI is InChI=1S/C17H23FN4/c1-2-19-17(21-10-13-22-11-3-4-12-22)20-9-8-15-6-5-7-16(18)14-15/h3-7,11-12,14H,2,8-10,13H2,1H3,(H2,19,20,21). The fourth-order valence-corrected chi connectivity index (χ4v) is 2.15. The topological polar surface area (TPSA) is 41.4 Å². The van der Waals surface area contributed by atoms with E-state index in [1.165, 1.54) is 6.07 Å². The van der Waals surface area contributed by atoms with Gasteiger partial charge in [0.15, 0.2) is 5.96 Å². The molecule has 0 spiro atoms. The molecular formula is C17H23FN4. The minimum Gasteiger partial charge on any atom is -0.357 e. The van der Waals surface area contributed by atoms with E-state index in [2.05, 4.69) is 20.2 Å². The van der Waals surface area contributed by atoms with Crippen molar-refractivity contribution in [3.8, 4) is 0 Å². The summed E-state index contributed by atoms with van der Waals surface area (Å²) in [5, 5.41) is 6.52. The van der Waals surface area contributed by atoms with Gasteiger partial charge in [-0.3, -0.25) is 4.99 Å².